The summed E-state index contributed by atoms with van der Waals surface area (Å²) < 4.78 is 0. The lowest BCUT2D eigenvalue weighted by atomic mass is 9.87. The van der Waals surface area contributed by atoms with Gasteiger partial charge in [0.15, 0.2) is 0 Å². The molecule has 1 unspecified atom stereocenters. The molecule has 1 aliphatic rings. The Morgan fingerprint density at radius 1 is 1.46 bits per heavy atom. The molecule has 0 aliphatic carbocycles. The van der Waals surface area contributed by atoms with Crippen LogP contribution in [-0.4, -0.2) is 20.9 Å². The van der Waals surface area contributed by atoms with Crippen molar-refractivity contribution < 1.29 is 0 Å². The van der Waals surface area contributed by atoms with Crippen LogP contribution in [0, 0.1) is 0 Å². The molecule has 0 amide bonds. The number of hydrogen-bond donors (Lipinski definition) is 1. The second kappa shape index (κ2) is 3.55. The first-order valence-corrected chi connectivity index (χ1v) is 5.07. The Bertz CT molecular complexity index is 309. The first-order valence-electron chi connectivity index (χ1n) is 5.07. The van der Waals surface area contributed by atoms with E-state index in [0.717, 1.165) is 13.1 Å². The largest absolute Gasteiger partial charge is 0.316 e. The minimum absolute atomic E-state index is 0.664. The van der Waals surface area contributed by atoms with Gasteiger partial charge in [0.25, 0.3) is 0 Å². The van der Waals surface area contributed by atoms with Gasteiger partial charge in [-0.25, -0.2) is 0 Å². The second-order valence-corrected chi connectivity index (χ2v) is 4.06. The van der Waals surface area contributed by atoms with Crippen molar-refractivity contribution >= 4 is 13.3 Å². The molecule has 2 heteroatoms. The smallest absolute Gasteiger partial charge is 0.139 e. The SMILES string of the molecule is Bc1ccc2c(c1)C(C)CNCC2. The van der Waals surface area contributed by atoms with Gasteiger partial charge in [-0.15, -0.1) is 0 Å². The van der Waals surface area contributed by atoms with Crippen LogP contribution in [0.2, 0.25) is 0 Å². The third-order valence-corrected chi connectivity index (χ3v) is 2.85. The van der Waals surface area contributed by atoms with Crippen LogP contribution in [0.15, 0.2) is 18.2 Å². The zero-order chi connectivity index (χ0) is 9.26. The fourth-order valence-corrected chi connectivity index (χ4v) is 2.05. The summed E-state index contributed by atoms with van der Waals surface area (Å²) in [5, 5.41) is 3.46. The lowest BCUT2D eigenvalue weighted by Crippen LogP contribution is -2.18. The van der Waals surface area contributed by atoms with Crippen LogP contribution < -0.4 is 10.8 Å². The van der Waals surface area contributed by atoms with Crippen LogP contribution in [0.5, 0.6) is 0 Å². The van der Waals surface area contributed by atoms with Crippen molar-refractivity contribution in [1.29, 1.82) is 0 Å². The van der Waals surface area contributed by atoms with E-state index in [4.69, 9.17) is 0 Å². The van der Waals surface area contributed by atoms with Gasteiger partial charge in [0, 0.05) is 6.54 Å². The van der Waals surface area contributed by atoms with Gasteiger partial charge in [0.1, 0.15) is 7.85 Å². The van der Waals surface area contributed by atoms with E-state index in [1.165, 1.54) is 17.4 Å². The molecular formula is C11H16BN. The van der Waals surface area contributed by atoms with Crippen LogP contribution in [0.4, 0.5) is 0 Å². The van der Waals surface area contributed by atoms with Gasteiger partial charge in [-0.3, -0.25) is 0 Å². The van der Waals surface area contributed by atoms with Gasteiger partial charge in [-0.05, 0) is 30.0 Å². The Kier molecular flexibility index (Phi) is 2.41. The molecule has 1 aromatic carbocycles. The normalized spacial score (nSPS) is 22.1. The van der Waals surface area contributed by atoms with E-state index in [2.05, 4.69) is 38.3 Å². The van der Waals surface area contributed by atoms with Crippen molar-refractivity contribution in [1.82, 2.24) is 5.32 Å². The molecule has 0 aromatic heterocycles. The number of rotatable bonds is 0. The summed E-state index contributed by atoms with van der Waals surface area (Å²) in [6.07, 6.45) is 1.18. The summed E-state index contributed by atoms with van der Waals surface area (Å²) in [6, 6.07) is 6.85. The van der Waals surface area contributed by atoms with Crippen molar-refractivity contribution in [2.24, 2.45) is 0 Å². The number of benzene rings is 1. The Morgan fingerprint density at radius 3 is 3.15 bits per heavy atom. The molecule has 0 fully saturated rings. The first kappa shape index (κ1) is 8.83. The summed E-state index contributed by atoms with van der Waals surface area (Å²) in [5.74, 6) is 0.664. The summed E-state index contributed by atoms with van der Waals surface area (Å²) in [7, 11) is 2.17. The van der Waals surface area contributed by atoms with Crippen LogP contribution in [0.3, 0.4) is 0 Å². The summed E-state index contributed by atoms with van der Waals surface area (Å²) in [6.45, 7) is 4.55. The minimum atomic E-state index is 0.664. The lowest BCUT2D eigenvalue weighted by Gasteiger charge is -2.12. The third kappa shape index (κ3) is 1.78. The maximum absolute atomic E-state index is 3.46. The van der Waals surface area contributed by atoms with E-state index in [0.29, 0.717) is 5.92 Å². The standard InChI is InChI=1S/C11H16BN/c1-8-7-13-5-4-9-2-3-10(12)6-11(8)9/h2-3,6,8,13H,4-5,7,12H2,1H3. The van der Waals surface area contributed by atoms with Gasteiger partial charge < -0.3 is 5.32 Å². The summed E-state index contributed by atoms with van der Waals surface area (Å²) in [5.41, 5.74) is 4.46. The average molecular weight is 173 g/mol. The fraction of sp³-hybridized carbons (Fsp3) is 0.455. The van der Waals surface area contributed by atoms with Gasteiger partial charge in [-0.2, -0.15) is 0 Å². The van der Waals surface area contributed by atoms with Crippen LogP contribution in [0.1, 0.15) is 24.0 Å². The minimum Gasteiger partial charge on any atom is -0.316 e. The molecule has 1 N–H and O–H groups in total. The molecule has 1 atom stereocenters. The molecule has 1 nitrogen and oxygen atoms in total. The van der Waals surface area contributed by atoms with Crippen LogP contribution >= 0.6 is 0 Å². The van der Waals surface area contributed by atoms with Crippen molar-refractivity contribution in [3.8, 4) is 0 Å². The highest BCUT2D eigenvalue weighted by atomic mass is 14.9. The van der Waals surface area contributed by atoms with E-state index >= 15 is 0 Å². The van der Waals surface area contributed by atoms with Crippen molar-refractivity contribution in [3.63, 3.8) is 0 Å². The zero-order valence-electron chi connectivity index (χ0n) is 8.43. The fourth-order valence-electron chi connectivity index (χ4n) is 2.05. The monoisotopic (exact) mass is 173 g/mol. The molecule has 13 heavy (non-hydrogen) atoms. The molecule has 0 saturated heterocycles. The zero-order valence-corrected chi connectivity index (χ0v) is 8.43. The van der Waals surface area contributed by atoms with Gasteiger partial charge in [0.05, 0.1) is 0 Å². The average Bonchev–Trinajstić information content (AvgIpc) is 2.29. The molecule has 68 valence electrons. The van der Waals surface area contributed by atoms with E-state index in [1.807, 2.05) is 0 Å². The number of fused-ring (bicyclic) bond motifs is 1. The Balaban J connectivity index is 2.43. The molecule has 0 saturated carbocycles. The highest BCUT2D eigenvalue weighted by Gasteiger charge is 2.13. The predicted octanol–water partition coefficient (Wildman–Crippen LogP) is 0.194. The quantitative estimate of drug-likeness (QED) is 0.552. The second-order valence-electron chi connectivity index (χ2n) is 4.06. The van der Waals surface area contributed by atoms with Crippen LogP contribution in [-0.2, 0) is 6.42 Å². The van der Waals surface area contributed by atoms with Crippen LogP contribution in [0.25, 0.3) is 0 Å². The first-order chi connectivity index (χ1) is 6.27. The summed E-state index contributed by atoms with van der Waals surface area (Å²) in [4.78, 5) is 0. The highest BCUT2D eigenvalue weighted by Crippen LogP contribution is 2.20. The molecule has 1 heterocycles. The Labute approximate surface area is 81.0 Å². The van der Waals surface area contributed by atoms with Gasteiger partial charge in [-0.1, -0.05) is 30.6 Å². The maximum Gasteiger partial charge on any atom is 0.139 e. The molecule has 1 aliphatic heterocycles. The molecule has 0 bridgehead atoms. The highest BCUT2D eigenvalue weighted by molar-refractivity contribution is 6.32. The van der Waals surface area contributed by atoms with Crippen molar-refractivity contribution in [3.05, 3.63) is 29.3 Å². The lowest BCUT2D eigenvalue weighted by molar-refractivity contribution is 0.644. The third-order valence-electron chi connectivity index (χ3n) is 2.85. The van der Waals surface area contributed by atoms with E-state index in [-0.39, 0.29) is 0 Å². The predicted molar refractivity (Wildman–Crippen MR) is 59.6 cm³/mol. The topological polar surface area (TPSA) is 12.0 Å². The molecule has 1 aromatic rings. The van der Waals surface area contributed by atoms with E-state index < -0.39 is 0 Å². The molecular weight excluding hydrogens is 157 g/mol. The Hall–Kier alpha value is -0.755. The number of hydrogen-bond acceptors (Lipinski definition) is 1. The number of nitrogens with one attached hydrogen (secondary N) is 1. The van der Waals surface area contributed by atoms with E-state index in [1.54, 1.807) is 5.56 Å². The van der Waals surface area contributed by atoms with Crippen molar-refractivity contribution in [2.45, 2.75) is 19.3 Å². The molecule has 0 radical (unpaired) electrons. The van der Waals surface area contributed by atoms with E-state index in [9.17, 15) is 0 Å². The molecule has 0 spiro atoms. The summed E-state index contributed by atoms with van der Waals surface area (Å²) >= 11 is 0. The maximum atomic E-state index is 3.46. The van der Waals surface area contributed by atoms with Crippen molar-refractivity contribution in [2.75, 3.05) is 13.1 Å². The Morgan fingerprint density at radius 2 is 2.31 bits per heavy atom. The molecule has 2 rings (SSSR count). The van der Waals surface area contributed by atoms with Gasteiger partial charge >= 0.3 is 0 Å². The van der Waals surface area contributed by atoms with Gasteiger partial charge in [0.2, 0.25) is 0 Å².